The minimum Gasteiger partial charge on any atom is -0.481 e. The van der Waals surface area contributed by atoms with Crippen LogP contribution in [0.15, 0.2) is 24.3 Å². The summed E-state index contributed by atoms with van der Waals surface area (Å²) in [7, 11) is 0. The molecule has 0 spiro atoms. The molecule has 0 aromatic carbocycles. The third-order valence-electron chi connectivity index (χ3n) is 9.07. The van der Waals surface area contributed by atoms with Crippen molar-refractivity contribution < 1.29 is 24.6 Å². The number of rotatable bonds is 8. The number of nitrogens with zero attached hydrogens (tertiary/aromatic N) is 3. The topological polar surface area (TPSA) is 164 Å². The van der Waals surface area contributed by atoms with Gasteiger partial charge in [-0.25, -0.2) is 14.8 Å². The molecule has 0 saturated carbocycles. The van der Waals surface area contributed by atoms with Gasteiger partial charge in [-0.1, -0.05) is 13.8 Å². The first kappa shape index (κ1) is 31.4. The molecule has 3 aromatic rings. The van der Waals surface area contributed by atoms with Gasteiger partial charge in [0.15, 0.2) is 0 Å². The van der Waals surface area contributed by atoms with Gasteiger partial charge in [0.05, 0.1) is 33.8 Å². The zero-order chi connectivity index (χ0) is 32.7. The Bertz CT molecular complexity index is 2010. The van der Waals surface area contributed by atoms with E-state index in [-0.39, 0.29) is 19.3 Å². The second-order valence-corrected chi connectivity index (χ2v) is 11.6. The van der Waals surface area contributed by atoms with Crippen molar-refractivity contribution in [3.8, 4) is 0 Å². The lowest BCUT2D eigenvalue weighted by Crippen LogP contribution is -2.19. The maximum atomic E-state index is 13.1. The number of carbonyl (C=O) groups is 3. The molecule has 5 rings (SSSR count). The summed E-state index contributed by atoms with van der Waals surface area (Å²) in [5.41, 5.74) is 18.9. The molecule has 2 aliphatic heterocycles. The minimum atomic E-state index is -0.921. The van der Waals surface area contributed by atoms with Crippen LogP contribution in [-0.4, -0.2) is 47.7 Å². The number of carbonyl (C=O) groups excluding carboxylic acids is 1. The highest BCUT2D eigenvalue weighted by Gasteiger charge is 2.23. The number of aliphatic carboxylic acids is 2. The lowest BCUT2D eigenvalue weighted by Gasteiger charge is -2.04. The van der Waals surface area contributed by atoms with Crippen LogP contribution in [0.3, 0.4) is 0 Å². The summed E-state index contributed by atoms with van der Waals surface area (Å²) in [5.74, 6) is -1.82. The van der Waals surface area contributed by atoms with E-state index >= 15 is 0 Å². The molecule has 2 aliphatic rings. The van der Waals surface area contributed by atoms with Gasteiger partial charge in [-0.15, -0.1) is 0 Å². The average molecular weight is 610 g/mol. The monoisotopic (exact) mass is 609 g/mol. The van der Waals surface area contributed by atoms with Crippen LogP contribution in [0.5, 0.6) is 0 Å². The van der Waals surface area contributed by atoms with E-state index in [1.54, 1.807) is 0 Å². The molecule has 1 amide bonds. The molecule has 0 aliphatic carbocycles. The number of nitrogens with two attached hydrogens (primary N) is 1. The molecule has 45 heavy (non-hydrogen) atoms. The molecule has 0 unspecified atom stereocenters. The summed E-state index contributed by atoms with van der Waals surface area (Å²) >= 11 is 0. The van der Waals surface area contributed by atoms with Crippen LogP contribution in [0.2, 0.25) is 0 Å². The first-order valence-corrected chi connectivity index (χ1v) is 15.3. The standard InChI is InChI=1S/C35H39N5O5/c1-7-21-17(3)27-16-32-22(8-2)20(6)31(40(32)35(36)45)15-26-19(5)24(10-12-34(43)44)30(39-26)14-29-23(9-11-33(41)42)18(4)25(37-29)13-28(21)38-27/h13-16,37H,7-12H2,1-6H3,(H2,36,45)(H,41,42)(H,43,44). The predicted octanol–water partition coefficient (Wildman–Crippen LogP) is 7.05. The van der Waals surface area contributed by atoms with Gasteiger partial charge in [0.2, 0.25) is 0 Å². The molecule has 10 nitrogen and oxygen atoms in total. The number of nitrogens with one attached hydrogen (secondary N) is 1. The van der Waals surface area contributed by atoms with Crippen LogP contribution in [0.4, 0.5) is 4.79 Å². The second-order valence-electron chi connectivity index (χ2n) is 11.6. The van der Waals surface area contributed by atoms with Crippen molar-refractivity contribution in [2.45, 2.75) is 80.1 Å². The van der Waals surface area contributed by atoms with Crippen LogP contribution < -0.4 is 5.73 Å². The number of allylic oxidation sites excluding steroid dienone is 4. The van der Waals surface area contributed by atoms with E-state index in [9.17, 15) is 24.6 Å². The number of primary amides is 1. The predicted molar refractivity (Wildman–Crippen MR) is 177 cm³/mol. The highest BCUT2D eigenvalue weighted by atomic mass is 16.4. The Morgan fingerprint density at radius 3 is 1.84 bits per heavy atom. The van der Waals surface area contributed by atoms with E-state index in [1.165, 1.54) is 4.57 Å². The summed E-state index contributed by atoms with van der Waals surface area (Å²) in [6, 6.07) is 7.02. The van der Waals surface area contributed by atoms with Crippen LogP contribution in [-0.2, 0) is 22.4 Å². The van der Waals surface area contributed by atoms with E-state index in [4.69, 9.17) is 15.7 Å². The fraction of sp³-hybridized carbons (Fsp3) is 0.343. The molecule has 10 heteroatoms. The smallest absolute Gasteiger partial charge is 0.323 e. The fourth-order valence-corrected chi connectivity index (χ4v) is 6.59. The largest absolute Gasteiger partial charge is 0.481 e. The van der Waals surface area contributed by atoms with Crippen molar-refractivity contribution in [1.29, 1.82) is 0 Å². The van der Waals surface area contributed by atoms with E-state index < -0.39 is 18.0 Å². The molecule has 0 radical (unpaired) electrons. The third kappa shape index (κ3) is 5.68. The lowest BCUT2D eigenvalue weighted by atomic mass is 10.00. The Kier molecular flexibility index (Phi) is 8.51. The zero-order valence-corrected chi connectivity index (χ0v) is 26.6. The molecular weight excluding hydrogens is 570 g/mol. The molecule has 5 N–H and O–H groups in total. The zero-order valence-electron chi connectivity index (χ0n) is 26.6. The summed E-state index contributed by atoms with van der Waals surface area (Å²) in [5, 5.41) is 19.0. The third-order valence-corrected chi connectivity index (χ3v) is 9.07. The van der Waals surface area contributed by atoms with Gasteiger partial charge in [0, 0.05) is 23.9 Å². The number of hydrogen-bond acceptors (Lipinski definition) is 5. The number of aromatic nitrogens is 4. The lowest BCUT2D eigenvalue weighted by molar-refractivity contribution is -0.137. The Balaban J connectivity index is 2.01. The number of H-pyrrole nitrogens is 1. The minimum absolute atomic E-state index is 0.0460. The second kappa shape index (κ2) is 12.2. The fourth-order valence-electron chi connectivity index (χ4n) is 6.59. The molecule has 3 aromatic heterocycles. The van der Waals surface area contributed by atoms with Crippen LogP contribution in [0.25, 0.3) is 44.4 Å². The molecule has 0 saturated heterocycles. The Morgan fingerprint density at radius 2 is 1.27 bits per heavy atom. The SMILES string of the molecule is CCC1=C(C)c2cc3c(CC)c(C)c(cc4nc(cc5[nH]c(cc1n2)c(C)c5CCC(=O)O)C(CCC(=O)O)=C4C)n3C(N)=O. The first-order chi connectivity index (χ1) is 21.4. The first-order valence-electron chi connectivity index (χ1n) is 15.3. The van der Waals surface area contributed by atoms with E-state index in [0.717, 1.165) is 67.9 Å². The van der Waals surface area contributed by atoms with Gasteiger partial charge in [0.25, 0.3) is 0 Å². The maximum absolute atomic E-state index is 13.1. The normalized spacial score (nSPS) is 13.1. The highest BCUT2D eigenvalue weighted by molar-refractivity contribution is 5.98. The number of aryl methyl sites for hydroxylation is 4. The van der Waals surface area contributed by atoms with E-state index in [2.05, 4.69) is 11.9 Å². The summed E-state index contributed by atoms with van der Waals surface area (Å²) in [4.78, 5) is 49.7. The molecular formula is C35H39N5O5. The van der Waals surface area contributed by atoms with Crippen LogP contribution in [0.1, 0.15) is 98.4 Å². The van der Waals surface area contributed by atoms with Crippen molar-refractivity contribution in [2.75, 3.05) is 0 Å². The van der Waals surface area contributed by atoms with Crippen LogP contribution >= 0.6 is 0 Å². The number of hydrogen-bond donors (Lipinski definition) is 4. The van der Waals surface area contributed by atoms with Crippen LogP contribution in [0, 0.1) is 13.8 Å². The van der Waals surface area contributed by atoms with E-state index in [0.29, 0.717) is 40.8 Å². The van der Waals surface area contributed by atoms with Gasteiger partial charge in [-0.2, -0.15) is 0 Å². The Labute approximate surface area is 261 Å². The van der Waals surface area contributed by atoms with Crippen molar-refractivity contribution >= 4 is 62.3 Å². The molecule has 0 atom stereocenters. The summed E-state index contributed by atoms with van der Waals surface area (Å²) in [6.45, 7) is 12.0. The average Bonchev–Trinajstić information content (AvgIpc) is 3.62. The Morgan fingerprint density at radius 1 is 0.711 bits per heavy atom. The number of fused-ring (bicyclic) bond motifs is 8. The quantitative estimate of drug-likeness (QED) is 0.212. The summed E-state index contributed by atoms with van der Waals surface area (Å²) < 4.78 is 1.52. The van der Waals surface area contributed by atoms with Gasteiger partial charge >= 0.3 is 18.0 Å². The number of carboxylic acid groups (broad SMARTS) is 2. The highest BCUT2D eigenvalue weighted by Crippen LogP contribution is 2.37. The van der Waals surface area contributed by atoms with E-state index in [1.807, 2.05) is 58.9 Å². The van der Waals surface area contributed by atoms with Gasteiger partial charge < -0.3 is 20.9 Å². The van der Waals surface area contributed by atoms with Crippen molar-refractivity contribution in [3.63, 3.8) is 0 Å². The maximum Gasteiger partial charge on any atom is 0.323 e. The number of aromatic amines is 1. The van der Waals surface area contributed by atoms with Gasteiger partial charge in [0.1, 0.15) is 0 Å². The summed E-state index contributed by atoms with van der Waals surface area (Å²) in [6.07, 6.45) is 1.84. The number of carboxylic acids is 2. The molecule has 234 valence electrons. The molecule has 5 heterocycles. The van der Waals surface area contributed by atoms with Gasteiger partial charge in [-0.05, 0) is 122 Å². The van der Waals surface area contributed by atoms with Gasteiger partial charge in [-0.3, -0.25) is 14.2 Å². The Hall–Kier alpha value is -4.99. The van der Waals surface area contributed by atoms with Crippen molar-refractivity contribution in [2.24, 2.45) is 5.73 Å². The molecule has 8 bridgehead atoms. The van der Waals surface area contributed by atoms with Crippen molar-refractivity contribution in [1.82, 2.24) is 19.5 Å². The number of amides is 1. The molecule has 0 fully saturated rings. The van der Waals surface area contributed by atoms with Crippen molar-refractivity contribution in [3.05, 3.63) is 69.3 Å².